The Hall–Kier alpha value is -1.72. The van der Waals surface area contributed by atoms with Crippen LogP contribution < -0.4 is 16.0 Å². The summed E-state index contributed by atoms with van der Waals surface area (Å²) in [6, 6.07) is 11.2. The molecule has 1 saturated heterocycles. The van der Waals surface area contributed by atoms with Crippen LogP contribution in [0.3, 0.4) is 0 Å². The van der Waals surface area contributed by atoms with Crippen molar-refractivity contribution in [3.63, 3.8) is 0 Å². The van der Waals surface area contributed by atoms with Crippen LogP contribution in [0.15, 0.2) is 41.7 Å². The summed E-state index contributed by atoms with van der Waals surface area (Å²) >= 11 is 0. The van der Waals surface area contributed by atoms with Crippen molar-refractivity contribution in [2.24, 2.45) is 4.99 Å². The molecule has 1 aromatic carbocycles. The molecule has 0 spiro atoms. The first-order valence-corrected chi connectivity index (χ1v) is 10.9. The van der Waals surface area contributed by atoms with Crippen LogP contribution in [0, 0.1) is 0 Å². The third kappa shape index (κ3) is 6.17. The predicted octanol–water partition coefficient (Wildman–Crippen LogP) is 2.28. The predicted molar refractivity (Wildman–Crippen MR) is 133 cm³/mol. The number of hydrogen-bond acceptors (Lipinski definition) is 5. The van der Waals surface area contributed by atoms with Crippen LogP contribution in [0.5, 0.6) is 0 Å². The van der Waals surface area contributed by atoms with Crippen molar-refractivity contribution in [2.75, 3.05) is 26.8 Å². The average Bonchev–Trinajstić information content (AvgIpc) is 3.26. The zero-order valence-electron chi connectivity index (χ0n) is 18.4. The molecule has 4 rings (SSSR count). The van der Waals surface area contributed by atoms with E-state index < -0.39 is 0 Å². The van der Waals surface area contributed by atoms with Crippen molar-refractivity contribution in [1.29, 1.82) is 0 Å². The molecule has 9 heteroatoms. The molecule has 0 amide bonds. The van der Waals surface area contributed by atoms with Crippen LogP contribution >= 0.6 is 24.0 Å². The van der Waals surface area contributed by atoms with E-state index in [0.29, 0.717) is 6.04 Å². The average molecular weight is 539 g/mol. The molecule has 0 saturated carbocycles. The third-order valence-electron chi connectivity index (χ3n) is 6.24. The zero-order chi connectivity index (χ0) is 20.8. The van der Waals surface area contributed by atoms with E-state index >= 15 is 0 Å². The molecule has 2 aliphatic heterocycles. The van der Waals surface area contributed by atoms with Crippen molar-refractivity contribution < 1.29 is 4.74 Å². The minimum Gasteiger partial charge on any atom is -0.381 e. The Bertz CT molecular complexity index is 835. The third-order valence-corrected chi connectivity index (χ3v) is 6.24. The smallest absolute Gasteiger partial charge is 0.191 e. The van der Waals surface area contributed by atoms with Gasteiger partial charge in [0.2, 0.25) is 0 Å². The number of aryl methyl sites for hydroxylation is 1. The van der Waals surface area contributed by atoms with Gasteiger partial charge >= 0.3 is 0 Å². The molecule has 0 radical (unpaired) electrons. The van der Waals surface area contributed by atoms with Crippen molar-refractivity contribution in [1.82, 2.24) is 30.7 Å². The maximum Gasteiger partial charge on any atom is 0.191 e. The molecule has 0 bridgehead atoms. The van der Waals surface area contributed by atoms with E-state index in [1.807, 2.05) is 11.7 Å². The summed E-state index contributed by atoms with van der Waals surface area (Å²) in [5, 5.41) is 15.4. The molecule has 1 fully saturated rings. The topological polar surface area (TPSA) is 88.4 Å². The van der Waals surface area contributed by atoms with Gasteiger partial charge in [-0.3, -0.25) is 4.99 Å². The number of fused-ring (bicyclic) bond motifs is 1. The molecule has 31 heavy (non-hydrogen) atoms. The van der Waals surface area contributed by atoms with Crippen LogP contribution in [-0.4, -0.2) is 59.1 Å². The van der Waals surface area contributed by atoms with Crippen LogP contribution in [0.4, 0.5) is 0 Å². The highest BCUT2D eigenvalue weighted by Gasteiger charge is 2.34. The summed E-state index contributed by atoms with van der Waals surface area (Å²) in [4.78, 5) is 8.78. The molecule has 2 aromatic rings. The van der Waals surface area contributed by atoms with Gasteiger partial charge in [-0.15, -0.1) is 24.0 Å². The first-order chi connectivity index (χ1) is 14.7. The van der Waals surface area contributed by atoms with E-state index in [2.05, 4.69) is 68.3 Å². The summed E-state index contributed by atoms with van der Waals surface area (Å²) in [6.45, 7) is 5.41. The lowest BCUT2D eigenvalue weighted by molar-refractivity contribution is 0.0354. The van der Waals surface area contributed by atoms with E-state index in [1.165, 1.54) is 5.56 Å². The number of hydrogen-bond donors (Lipinski definition) is 3. The van der Waals surface area contributed by atoms with Crippen molar-refractivity contribution in [3.8, 4) is 0 Å². The highest BCUT2D eigenvalue weighted by Crippen LogP contribution is 2.25. The molecule has 1 aromatic heterocycles. The molecule has 2 aliphatic rings. The zero-order valence-corrected chi connectivity index (χ0v) is 20.7. The normalized spacial score (nSPS) is 21.5. The fourth-order valence-electron chi connectivity index (χ4n) is 4.41. The van der Waals surface area contributed by atoms with Gasteiger partial charge in [0.05, 0.1) is 6.54 Å². The molecule has 170 valence electrons. The Morgan fingerprint density at radius 3 is 2.81 bits per heavy atom. The number of benzene rings is 1. The Morgan fingerprint density at radius 1 is 1.29 bits per heavy atom. The largest absolute Gasteiger partial charge is 0.381 e. The van der Waals surface area contributed by atoms with Crippen LogP contribution in [0.1, 0.15) is 43.6 Å². The number of guanidine groups is 1. The number of aromatic nitrogens is 3. The molecular formula is C22H34IN7O. The maximum atomic E-state index is 5.66. The summed E-state index contributed by atoms with van der Waals surface area (Å²) < 4.78 is 7.65. The van der Waals surface area contributed by atoms with E-state index in [1.54, 1.807) is 6.33 Å². The number of nitrogens with zero attached hydrogens (tertiary/aromatic N) is 4. The molecule has 8 nitrogen and oxygen atoms in total. The van der Waals surface area contributed by atoms with Crippen molar-refractivity contribution in [3.05, 3.63) is 48.0 Å². The minimum absolute atomic E-state index is 0. The number of halogens is 1. The molecule has 3 N–H and O–H groups in total. The van der Waals surface area contributed by atoms with Crippen LogP contribution in [-0.2, 0) is 17.7 Å². The molecule has 2 unspecified atom stereocenters. The van der Waals surface area contributed by atoms with Gasteiger partial charge in [-0.05, 0) is 31.7 Å². The van der Waals surface area contributed by atoms with Gasteiger partial charge in [-0.2, -0.15) is 5.10 Å². The van der Waals surface area contributed by atoms with E-state index in [0.717, 1.165) is 63.8 Å². The standard InChI is InChI=1S/C22H33N7O.HI/c1-17(18-6-4-3-5-7-18)28-22(10-12-30-13-11-22)15-24-21(23-2)27-19-8-9-20-25-16-26-29(20)14-19;/h3-7,16-17,19,28H,8-15H2,1-2H3,(H2,23,24,27);1H. The van der Waals surface area contributed by atoms with Gasteiger partial charge in [0, 0.05) is 50.8 Å². The Kier molecular flexibility index (Phi) is 8.67. The molecule has 0 aliphatic carbocycles. The van der Waals surface area contributed by atoms with Crippen LogP contribution in [0.2, 0.25) is 0 Å². The lowest BCUT2D eigenvalue weighted by Crippen LogP contribution is -2.59. The van der Waals surface area contributed by atoms with Crippen LogP contribution in [0.25, 0.3) is 0 Å². The lowest BCUT2D eigenvalue weighted by Gasteiger charge is -2.41. The first-order valence-electron chi connectivity index (χ1n) is 10.9. The van der Waals surface area contributed by atoms with Gasteiger partial charge in [-0.25, -0.2) is 9.67 Å². The minimum atomic E-state index is -0.0310. The number of nitrogens with one attached hydrogen (secondary N) is 3. The van der Waals surface area contributed by atoms with Gasteiger partial charge in [-0.1, -0.05) is 30.3 Å². The first kappa shape index (κ1) is 23.9. The monoisotopic (exact) mass is 539 g/mol. The maximum absolute atomic E-state index is 5.66. The Labute approximate surface area is 201 Å². The summed E-state index contributed by atoms with van der Waals surface area (Å²) in [7, 11) is 1.83. The van der Waals surface area contributed by atoms with Gasteiger partial charge < -0.3 is 20.7 Å². The summed E-state index contributed by atoms with van der Waals surface area (Å²) in [6.07, 6.45) is 5.55. The van der Waals surface area contributed by atoms with Gasteiger partial charge in [0.15, 0.2) is 5.96 Å². The second-order valence-corrected chi connectivity index (χ2v) is 8.33. The SMILES string of the molecule is CN=C(NCC1(NC(C)c2ccccc2)CCOCC1)NC1CCc2ncnn2C1.I. The molecule has 2 atom stereocenters. The van der Waals surface area contributed by atoms with E-state index in [4.69, 9.17) is 4.74 Å². The van der Waals surface area contributed by atoms with E-state index in [-0.39, 0.29) is 35.6 Å². The number of aliphatic imine (C=N–C) groups is 1. The highest BCUT2D eigenvalue weighted by molar-refractivity contribution is 14.0. The molecule has 3 heterocycles. The lowest BCUT2D eigenvalue weighted by atomic mass is 9.88. The van der Waals surface area contributed by atoms with Crippen molar-refractivity contribution in [2.45, 2.75) is 56.8 Å². The van der Waals surface area contributed by atoms with Gasteiger partial charge in [0.1, 0.15) is 12.2 Å². The van der Waals surface area contributed by atoms with Crippen molar-refractivity contribution >= 4 is 29.9 Å². The second kappa shape index (κ2) is 11.2. The van der Waals surface area contributed by atoms with E-state index in [9.17, 15) is 0 Å². The Morgan fingerprint density at radius 2 is 2.06 bits per heavy atom. The fraction of sp³-hybridized carbons (Fsp3) is 0.591. The highest BCUT2D eigenvalue weighted by atomic mass is 127. The van der Waals surface area contributed by atoms with Gasteiger partial charge in [0.25, 0.3) is 0 Å². The number of ether oxygens (including phenoxy) is 1. The number of rotatable bonds is 6. The molecular weight excluding hydrogens is 505 g/mol. The Balaban J connectivity index is 0.00000272. The second-order valence-electron chi connectivity index (χ2n) is 8.33. The quantitative estimate of drug-likeness (QED) is 0.297. The summed E-state index contributed by atoms with van der Waals surface area (Å²) in [5.74, 6) is 1.90. The summed E-state index contributed by atoms with van der Waals surface area (Å²) in [5.41, 5.74) is 1.27. The fourth-order valence-corrected chi connectivity index (χ4v) is 4.41.